The third-order valence-electron chi connectivity index (χ3n) is 9.96. The summed E-state index contributed by atoms with van der Waals surface area (Å²) in [4.78, 5) is 0. The van der Waals surface area contributed by atoms with E-state index in [0.717, 1.165) is 32.1 Å². The Kier molecular flexibility index (Phi) is 3.44. The highest BCUT2D eigenvalue weighted by Crippen LogP contribution is 2.72. The van der Waals surface area contributed by atoms with Gasteiger partial charge in [0, 0.05) is 17.8 Å². The van der Waals surface area contributed by atoms with E-state index in [-0.39, 0.29) is 22.5 Å². The summed E-state index contributed by atoms with van der Waals surface area (Å²) >= 11 is 0. The third kappa shape index (κ3) is 1.78. The normalized spacial score (nSPS) is 57.9. The lowest BCUT2D eigenvalue weighted by molar-refractivity contribution is -0.259. The van der Waals surface area contributed by atoms with Gasteiger partial charge >= 0.3 is 0 Å². The van der Waals surface area contributed by atoms with Crippen LogP contribution in [0, 0.1) is 28.6 Å². The second-order valence-electron chi connectivity index (χ2n) is 10.5. The first-order valence-electron chi connectivity index (χ1n) is 10.7. The van der Waals surface area contributed by atoms with Crippen LogP contribution in [-0.2, 0) is 4.74 Å². The molecule has 1 aliphatic heterocycles. The average molecular weight is 359 g/mol. The van der Waals surface area contributed by atoms with E-state index in [1.807, 2.05) is 12.3 Å². The van der Waals surface area contributed by atoms with Crippen molar-refractivity contribution in [2.24, 2.45) is 28.6 Å². The molecule has 144 valence electrons. The van der Waals surface area contributed by atoms with E-state index >= 15 is 0 Å². The number of ether oxygens (including phenoxy) is 1. The lowest BCUT2D eigenvalue weighted by Crippen LogP contribution is -2.68. The van der Waals surface area contributed by atoms with Crippen LogP contribution in [-0.4, -0.2) is 27.5 Å². The second kappa shape index (κ2) is 5.17. The summed E-state index contributed by atoms with van der Waals surface area (Å²) in [6.45, 7) is 8.80. The van der Waals surface area contributed by atoms with Gasteiger partial charge in [-0.1, -0.05) is 26.5 Å². The molecule has 8 atom stereocenters. The number of aliphatic hydroxyl groups is 2. The molecule has 1 heterocycles. The average Bonchev–Trinajstić information content (AvgIpc) is 2.77. The molecule has 0 aromatic rings. The van der Waals surface area contributed by atoms with Crippen LogP contribution in [0.2, 0.25) is 0 Å². The van der Waals surface area contributed by atoms with Crippen LogP contribution in [0.5, 0.6) is 0 Å². The summed E-state index contributed by atoms with van der Waals surface area (Å²) in [7, 11) is 0. The van der Waals surface area contributed by atoms with Gasteiger partial charge in [0.05, 0.1) is 18.0 Å². The zero-order valence-corrected chi connectivity index (χ0v) is 16.3. The minimum atomic E-state index is -0.703. The first-order chi connectivity index (χ1) is 12.3. The maximum Gasteiger partial charge on any atom is 0.117 e. The second-order valence-corrected chi connectivity index (χ2v) is 10.5. The van der Waals surface area contributed by atoms with E-state index in [2.05, 4.69) is 20.4 Å². The van der Waals surface area contributed by atoms with Crippen molar-refractivity contribution in [3.05, 3.63) is 24.5 Å². The highest BCUT2D eigenvalue weighted by molar-refractivity contribution is 5.32. The molecule has 3 nitrogen and oxygen atoms in total. The van der Waals surface area contributed by atoms with E-state index in [1.54, 1.807) is 0 Å². The van der Waals surface area contributed by atoms with Crippen molar-refractivity contribution < 1.29 is 14.9 Å². The number of hydrogen-bond acceptors (Lipinski definition) is 3. The third-order valence-corrected chi connectivity index (χ3v) is 9.96. The van der Waals surface area contributed by atoms with Gasteiger partial charge in [0.2, 0.25) is 0 Å². The Labute approximate surface area is 157 Å². The van der Waals surface area contributed by atoms with E-state index in [9.17, 15) is 10.2 Å². The summed E-state index contributed by atoms with van der Waals surface area (Å²) in [5, 5.41) is 21.8. The van der Waals surface area contributed by atoms with Crippen LogP contribution in [0.1, 0.15) is 71.6 Å². The molecule has 0 aromatic carbocycles. The molecule has 0 spiro atoms. The molecule has 0 unspecified atom stereocenters. The topological polar surface area (TPSA) is 49.7 Å². The SMILES string of the molecule is C=CC1=CO[C@]23CC[C@H]1[C@@]2(C)CC[C@H]1[C@H]3CC[C@]2(O)C[C@@H](O)CC[C@]12C. The standard InChI is InChI=1S/C23H34O3/c1-4-15-14-26-23-12-8-17(15)21(23,3)10-6-18-19(23)7-11-22(25)13-16(24)5-9-20(18,22)2/h4,14,16-19,24-25H,1,5-13H2,2-3H3/t16-,17+,18-,19+,20+,21+,22-,23-/m0/s1. The van der Waals surface area contributed by atoms with Crippen LogP contribution < -0.4 is 0 Å². The number of rotatable bonds is 1. The Morgan fingerprint density at radius 3 is 2.54 bits per heavy atom. The van der Waals surface area contributed by atoms with Gasteiger partial charge in [-0.25, -0.2) is 0 Å². The highest BCUT2D eigenvalue weighted by atomic mass is 16.5. The summed E-state index contributed by atoms with van der Waals surface area (Å²) in [5.41, 5.74) is 0.637. The lowest BCUT2D eigenvalue weighted by Gasteiger charge is -2.67. The predicted octanol–water partition coefficient (Wildman–Crippen LogP) is 4.34. The zero-order chi connectivity index (χ0) is 18.4. The molecular weight excluding hydrogens is 324 g/mol. The van der Waals surface area contributed by atoms with E-state index in [1.165, 1.54) is 24.8 Å². The van der Waals surface area contributed by atoms with Gasteiger partial charge in [0.25, 0.3) is 0 Å². The number of hydrogen-bond donors (Lipinski definition) is 2. The number of aliphatic hydroxyl groups excluding tert-OH is 1. The molecule has 4 aliphatic carbocycles. The van der Waals surface area contributed by atoms with Crippen LogP contribution in [0.25, 0.3) is 0 Å². The quantitative estimate of drug-likeness (QED) is 0.733. The number of allylic oxidation sites excluding steroid dienone is 2. The van der Waals surface area contributed by atoms with Gasteiger partial charge in [-0.15, -0.1) is 0 Å². The Morgan fingerprint density at radius 2 is 1.77 bits per heavy atom. The minimum Gasteiger partial charge on any atom is -0.494 e. The first kappa shape index (κ1) is 17.3. The van der Waals surface area contributed by atoms with E-state index in [4.69, 9.17) is 4.74 Å². The molecular formula is C23H34O3. The van der Waals surface area contributed by atoms with Crippen LogP contribution in [0.4, 0.5) is 0 Å². The Hall–Kier alpha value is -0.800. The molecule has 4 fully saturated rings. The van der Waals surface area contributed by atoms with Crippen molar-refractivity contribution in [2.75, 3.05) is 0 Å². The van der Waals surface area contributed by atoms with Gasteiger partial charge in [-0.2, -0.15) is 0 Å². The Morgan fingerprint density at radius 1 is 1.04 bits per heavy atom. The smallest absolute Gasteiger partial charge is 0.117 e. The molecule has 26 heavy (non-hydrogen) atoms. The fourth-order valence-corrected chi connectivity index (χ4v) is 8.43. The van der Waals surface area contributed by atoms with Crippen LogP contribution in [0.15, 0.2) is 24.5 Å². The zero-order valence-electron chi connectivity index (χ0n) is 16.3. The fourth-order valence-electron chi connectivity index (χ4n) is 8.43. The van der Waals surface area contributed by atoms with Crippen molar-refractivity contribution in [2.45, 2.75) is 88.9 Å². The maximum absolute atomic E-state index is 11.5. The van der Waals surface area contributed by atoms with Crippen molar-refractivity contribution in [3.63, 3.8) is 0 Å². The monoisotopic (exact) mass is 358 g/mol. The van der Waals surface area contributed by atoms with Gasteiger partial charge in [-0.3, -0.25) is 0 Å². The molecule has 3 heteroatoms. The Bertz CT molecular complexity index is 670. The first-order valence-corrected chi connectivity index (χ1v) is 10.7. The molecule has 0 aromatic heterocycles. The van der Waals surface area contributed by atoms with Gasteiger partial charge in [0.1, 0.15) is 5.60 Å². The predicted molar refractivity (Wildman–Crippen MR) is 101 cm³/mol. The lowest BCUT2D eigenvalue weighted by atomic mass is 9.41. The maximum atomic E-state index is 11.5. The Balaban J connectivity index is 1.57. The summed E-state index contributed by atoms with van der Waals surface area (Å²) in [6, 6.07) is 0. The van der Waals surface area contributed by atoms with E-state index < -0.39 is 5.60 Å². The van der Waals surface area contributed by atoms with Gasteiger partial charge in [0.15, 0.2) is 0 Å². The molecule has 0 radical (unpaired) electrons. The molecule has 2 N–H and O–H groups in total. The van der Waals surface area contributed by atoms with Gasteiger partial charge < -0.3 is 14.9 Å². The molecule has 2 bridgehead atoms. The highest BCUT2D eigenvalue weighted by Gasteiger charge is 2.72. The van der Waals surface area contributed by atoms with Gasteiger partial charge in [-0.05, 0) is 74.2 Å². The largest absolute Gasteiger partial charge is 0.494 e. The van der Waals surface area contributed by atoms with E-state index in [0.29, 0.717) is 24.2 Å². The molecule has 0 saturated heterocycles. The molecule has 5 aliphatic rings. The molecule has 0 amide bonds. The van der Waals surface area contributed by atoms with Crippen molar-refractivity contribution in [3.8, 4) is 0 Å². The minimum absolute atomic E-state index is 0.0620. The van der Waals surface area contributed by atoms with Crippen molar-refractivity contribution in [1.29, 1.82) is 0 Å². The van der Waals surface area contributed by atoms with Crippen molar-refractivity contribution in [1.82, 2.24) is 0 Å². The molecule has 4 saturated carbocycles. The van der Waals surface area contributed by atoms with Crippen molar-refractivity contribution >= 4 is 0 Å². The fraction of sp³-hybridized carbons (Fsp3) is 0.826. The van der Waals surface area contributed by atoms with Crippen LogP contribution >= 0.6 is 0 Å². The summed E-state index contributed by atoms with van der Waals surface area (Å²) in [6.07, 6.45) is 12.6. The number of fused-ring (bicyclic) bond motifs is 3. The summed E-state index contributed by atoms with van der Waals surface area (Å²) < 4.78 is 6.65. The van der Waals surface area contributed by atoms with Crippen LogP contribution in [0.3, 0.4) is 0 Å². The molecule has 5 rings (SSSR count). The summed E-state index contributed by atoms with van der Waals surface area (Å²) in [5.74, 6) is 1.60.